The molecule has 0 radical (unpaired) electrons. The predicted molar refractivity (Wildman–Crippen MR) is 168 cm³/mol. The van der Waals surface area contributed by atoms with Crippen molar-refractivity contribution in [3.63, 3.8) is 0 Å². The molecule has 41 heavy (non-hydrogen) atoms. The monoisotopic (exact) mass is 576 g/mol. The van der Waals surface area contributed by atoms with Gasteiger partial charge in [0, 0.05) is 12.5 Å². The van der Waals surface area contributed by atoms with E-state index in [-0.39, 0.29) is 17.9 Å². The highest BCUT2D eigenvalue weighted by molar-refractivity contribution is 5.66. The molecule has 4 saturated carbocycles. The number of nitrogens with two attached hydrogens (primary N) is 1. The Kier molecular flexibility index (Phi) is 12.4. The summed E-state index contributed by atoms with van der Waals surface area (Å²) in [5.74, 6) is 2.68. The molecule has 0 aromatic carbocycles. The third-order valence-corrected chi connectivity index (χ3v) is 12.7. The lowest BCUT2D eigenvalue weighted by Crippen LogP contribution is -2.59. The summed E-state index contributed by atoms with van der Waals surface area (Å²) in [5, 5.41) is 31.9. The minimum atomic E-state index is -0.669. The van der Waals surface area contributed by atoms with Crippen LogP contribution < -0.4 is 21.7 Å². The molecule has 7 heteroatoms. The van der Waals surface area contributed by atoms with Crippen LogP contribution in [-0.4, -0.2) is 67.6 Å². The normalized spacial score (nSPS) is 39.1. The van der Waals surface area contributed by atoms with Gasteiger partial charge in [-0.25, -0.2) is 0 Å². The smallest absolute Gasteiger partial charge is 0.303 e. The van der Waals surface area contributed by atoms with Gasteiger partial charge in [0.2, 0.25) is 0 Å². The van der Waals surface area contributed by atoms with Gasteiger partial charge in [0.25, 0.3) is 0 Å². The number of hydrogen-bond donors (Lipinski definition) is 6. The average Bonchev–Trinajstić information content (AvgIpc) is 3.30. The first-order valence-corrected chi connectivity index (χ1v) is 17.5. The molecule has 0 bridgehead atoms. The van der Waals surface area contributed by atoms with Crippen molar-refractivity contribution < 1.29 is 15.0 Å². The van der Waals surface area contributed by atoms with E-state index in [1.165, 1.54) is 64.2 Å². The zero-order valence-corrected chi connectivity index (χ0v) is 26.6. The van der Waals surface area contributed by atoms with Gasteiger partial charge < -0.3 is 31.9 Å². The van der Waals surface area contributed by atoms with Crippen LogP contribution in [0, 0.1) is 46.3 Å². The summed E-state index contributed by atoms with van der Waals surface area (Å²) in [7, 11) is 0. The fourth-order valence-corrected chi connectivity index (χ4v) is 10.4. The third kappa shape index (κ3) is 7.87. The minimum Gasteiger partial charge on any atom is -0.481 e. The minimum absolute atomic E-state index is 0.172. The van der Waals surface area contributed by atoms with Gasteiger partial charge >= 0.3 is 5.97 Å². The fraction of sp³-hybridized carbons (Fsp3) is 0.971. The van der Waals surface area contributed by atoms with Crippen molar-refractivity contribution >= 4 is 5.97 Å². The first-order chi connectivity index (χ1) is 19.7. The Morgan fingerprint density at radius 1 is 0.878 bits per heavy atom. The number of carboxylic acid groups (broad SMARTS) is 1. The Hall–Kier alpha value is -0.730. The van der Waals surface area contributed by atoms with Crippen LogP contribution >= 0.6 is 0 Å². The van der Waals surface area contributed by atoms with Crippen LogP contribution in [0.3, 0.4) is 0 Å². The highest BCUT2D eigenvalue weighted by Gasteiger charge is 2.62. The van der Waals surface area contributed by atoms with E-state index in [1.807, 2.05) is 0 Å². The van der Waals surface area contributed by atoms with Crippen molar-refractivity contribution in [1.82, 2.24) is 16.0 Å². The number of nitrogens with one attached hydrogen (secondary N) is 3. The molecule has 0 aliphatic heterocycles. The maximum absolute atomic E-state index is 11.7. The molecule has 10 atom stereocenters. The number of rotatable bonds is 17. The molecule has 7 nitrogen and oxygen atoms in total. The highest BCUT2D eigenvalue weighted by atomic mass is 16.4. The highest BCUT2D eigenvalue weighted by Crippen LogP contribution is 2.68. The van der Waals surface area contributed by atoms with Gasteiger partial charge in [0.15, 0.2) is 0 Å². The zero-order valence-electron chi connectivity index (χ0n) is 26.6. The van der Waals surface area contributed by atoms with Gasteiger partial charge in [0.1, 0.15) is 0 Å². The summed E-state index contributed by atoms with van der Waals surface area (Å²) in [6, 6.07) is 0.594. The lowest BCUT2D eigenvalue weighted by Gasteiger charge is -2.62. The molecule has 4 fully saturated rings. The number of unbranched alkanes of at least 4 members (excludes halogenated alkanes) is 1. The number of carbonyl (C=O) groups is 1. The maximum atomic E-state index is 11.7. The molecule has 4 aliphatic rings. The second kappa shape index (κ2) is 15.3. The molecule has 0 aromatic heterocycles. The first-order valence-electron chi connectivity index (χ1n) is 17.5. The quantitative estimate of drug-likeness (QED) is 0.138. The number of aliphatic hydroxyl groups excluding tert-OH is 1. The Morgan fingerprint density at radius 3 is 2.24 bits per heavy atom. The lowest BCUT2D eigenvalue weighted by atomic mass is 9.43. The van der Waals surface area contributed by atoms with Crippen LogP contribution in [-0.2, 0) is 4.79 Å². The topological polar surface area (TPSA) is 120 Å². The first kappa shape index (κ1) is 33.2. The Bertz CT molecular complexity index is 813. The van der Waals surface area contributed by atoms with Gasteiger partial charge in [-0.2, -0.15) is 0 Å². The second-order valence-corrected chi connectivity index (χ2v) is 15.1. The van der Waals surface area contributed by atoms with E-state index in [9.17, 15) is 15.0 Å². The number of aliphatic carboxylic acids is 1. The molecule has 0 heterocycles. The summed E-state index contributed by atoms with van der Waals surface area (Å²) >= 11 is 0. The SMILES string of the molecule is CC(CCC(=O)O)C1CCC2C3C(O)CC4CC(NCCCNCCCCNCCCN)CCC4(C)C3CCC12C. The summed E-state index contributed by atoms with van der Waals surface area (Å²) in [6.07, 6.45) is 15.3. The van der Waals surface area contributed by atoms with Crippen LogP contribution in [0.25, 0.3) is 0 Å². The van der Waals surface area contributed by atoms with Crippen molar-refractivity contribution in [3.8, 4) is 0 Å². The summed E-state index contributed by atoms with van der Waals surface area (Å²) < 4.78 is 0. The van der Waals surface area contributed by atoms with E-state index in [4.69, 9.17) is 5.73 Å². The van der Waals surface area contributed by atoms with E-state index in [0.717, 1.165) is 58.5 Å². The summed E-state index contributed by atoms with van der Waals surface area (Å²) in [5.41, 5.74) is 6.15. The predicted octanol–water partition coefficient (Wildman–Crippen LogP) is 4.77. The zero-order chi connectivity index (χ0) is 29.5. The molecule has 238 valence electrons. The average molecular weight is 577 g/mol. The molecular formula is C34H64N4O3. The van der Waals surface area contributed by atoms with E-state index >= 15 is 0 Å². The summed E-state index contributed by atoms with van der Waals surface area (Å²) in [4.78, 5) is 11.2. The molecular weight excluding hydrogens is 512 g/mol. The maximum Gasteiger partial charge on any atom is 0.303 e. The molecule has 0 saturated heterocycles. The fourth-order valence-electron chi connectivity index (χ4n) is 10.4. The summed E-state index contributed by atoms with van der Waals surface area (Å²) in [6.45, 7) is 13.5. The van der Waals surface area contributed by atoms with E-state index in [1.54, 1.807) is 0 Å². The molecule has 10 unspecified atom stereocenters. The second-order valence-electron chi connectivity index (χ2n) is 15.1. The van der Waals surface area contributed by atoms with Crippen LogP contribution in [0.5, 0.6) is 0 Å². The number of hydrogen-bond acceptors (Lipinski definition) is 6. The molecule has 4 rings (SSSR count). The number of aliphatic hydroxyl groups is 1. The van der Waals surface area contributed by atoms with E-state index < -0.39 is 5.97 Å². The Labute approximate surface area is 250 Å². The van der Waals surface area contributed by atoms with Gasteiger partial charge in [-0.05, 0) is 169 Å². The molecule has 4 aliphatic carbocycles. The van der Waals surface area contributed by atoms with Crippen molar-refractivity contribution in [1.29, 1.82) is 0 Å². The standard InChI is InChI=1S/C34H64N4O3/c1-24(8-11-31(40)41)27-9-10-28-32-29(13-15-34(27,28)3)33(2)14-12-26(22-25(33)23-30(32)39)38-21-7-20-37-18-5-4-17-36-19-6-16-35/h24-30,32,36-39H,4-23,35H2,1-3H3,(H,40,41). The van der Waals surface area contributed by atoms with Crippen LogP contribution in [0.15, 0.2) is 0 Å². The van der Waals surface area contributed by atoms with Crippen LogP contribution in [0.4, 0.5) is 0 Å². The number of fused-ring (bicyclic) bond motifs is 5. The Balaban J connectivity index is 1.20. The molecule has 0 aromatic rings. The van der Waals surface area contributed by atoms with Crippen LogP contribution in [0.2, 0.25) is 0 Å². The van der Waals surface area contributed by atoms with Gasteiger partial charge in [-0.15, -0.1) is 0 Å². The molecule has 0 amide bonds. The Morgan fingerprint density at radius 2 is 1.54 bits per heavy atom. The van der Waals surface area contributed by atoms with Gasteiger partial charge in [0.05, 0.1) is 6.10 Å². The van der Waals surface area contributed by atoms with E-state index in [0.29, 0.717) is 47.0 Å². The van der Waals surface area contributed by atoms with Crippen molar-refractivity contribution in [3.05, 3.63) is 0 Å². The van der Waals surface area contributed by atoms with Gasteiger partial charge in [-0.1, -0.05) is 20.8 Å². The van der Waals surface area contributed by atoms with Crippen LogP contribution in [0.1, 0.15) is 111 Å². The third-order valence-electron chi connectivity index (χ3n) is 12.7. The number of carboxylic acids is 1. The lowest BCUT2D eigenvalue weighted by molar-refractivity contribution is -0.167. The molecule has 7 N–H and O–H groups in total. The van der Waals surface area contributed by atoms with Crippen molar-refractivity contribution in [2.75, 3.05) is 39.3 Å². The van der Waals surface area contributed by atoms with Crippen molar-refractivity contribution in [2.24, 2.45) is 52.1 Å². The van der Waals surface area contributed by atoms with Gasteiger partial charge in [-0.3, -0.25) is 4.79 Å². The largest absolute Gasteiger partial charge is 0.481 e. The van der Waals surface area contributed by atoms with E-state index in [2.05, 4.69) is 36.7 Å². The molecule has 0 spiro atoms. The van der Waals surface area contributed by atoms with Crippen molar-refractivity contribution in [2.45, 2.75) is 123 Å².